The van der Waals surface area contributed by atoms with Gasteiger partial charge in [-0.3, -0.25) is 5.01 Å². The fraction of sp³-hybridized carbons (Fsp3) is 1.00. The summed E-state index contributed by atoms with van der Waals surface area (Å²) in [7, 11) is 0. The third-order valence-electron chi connectivity index (χ3n) is 2.95. The lowest BCUT2D eigenvalue weighted by molar-refractivity contribution is 0.0976. The maximum atomic E-state index is 4.49. The number of nitrogens with zero attached hydrogens (tertiary/aromatic N) is 3. The molecule has 3 nitrogen and oxygen atoms in total. The summed E-state index contributed by atoms with van der Waals surface area (Å²) in [5, 5.41) is 11.0. The number of thioether (sulfide) groups is 1. The number of hydrogen-bond donors (Lipinski definition) is 0. The molecule has 0 fully saturated rings. The molecule has 1 aliphatic rings. The molecular weight excluding hydrogens is 218 g/mol. The third kappa shape index (κ3) is 2.90. The molecule has 1 aliphatic heterocycles. The molecule has 0 aromatic rings. The van der Waals surface area contributed by atoms with E-state index in [-0.39, 0.29) is 10.8 Å². The quantitative estimate of drug-likeness (QED) is 0.737. The molecule has 0 saturated carbocycles. The average Bonchev–Trinajstić information content (AvgIpc) is 2.46. The zero-order valence-corrected chi connectivity index (χ0v) is 12.4. The monoisotopic (exact) mass is 243 g/mol. The summed E-state index contributed by atoms with van der Waals surface area (Å²) in [5.41, 5.74) is 0.381. The zero-order valence-electron chi connectivity index (χ0n) is 11.6. The Hall–Kier alpha value is -0.250. The molecule has 4 heteroatoms. The molecule has 0 aromatic heterocycles. The van der Waals surface area contributed by atoms with Gasteiger partial charge in [-0.15, -0.1) is 11.8 Å². The minimum absolute atomic E-state index is 0.175. The Morgan fingerprint density at radius 3 is 2.00 bits per heavy atom. The predicted octanol–water partition coefficient (Wildman–Crippen LogP) is 3.82. The Morgan fingerprint density at radius 2 is 1.62 bits per heavy atom. The van der Waals surface area contributed by atoms with Crippen LogP contribution in [0.5, 0.6) is 0 Å². The maximum absolute atomic E-state index is 4.49. The van der Waals surface area contributed by atoms with Crippen LogP contribution in [0.2, 0.25) is 0 Å². The van der Waals surface area contributed by atoms with Gasteiger partial charge < -0.3 is 0 Å². The van der Waals surface area contributed by atoms with Gasteiger partial charge in [0.25, 0.3) is 0 Å². The van der Waals surface area contributed by atoms with Crippen LogP contribution >= 0.6 is 11.8 Å². The average molecular weight is 243 g/mol. The van der Waals surface area contributed by atoms with Gasteiger partial charge in [-0.1, -0.05) is 46.8 Å². The first-order chi connectivity index (χ1) is 7.18. The highest BCUT2D eigenvalue weighted by atomic mass is 32.2. The van der Waals surface area contributed by atoms with Crippen molar-refractivity contribution >= 4 is 11.8 Å². The third-order valence-corrected chi connectivity index (χ3v) is 3.47. The van der Waals surface area contributed by atoms with Gasteiger partial charge in [0, 0.05) is 0 Å². The molecule has 0 saturated heterocycles. The van der Waals surface area contributed by atoms with Gasteiger partial charge in [0.1, 0.15) is 6.04 Å². The topological polar surface area (TPSA) is 28.0 Å². The van der Waals surface area contributed by atoms with Crippen LogP contribution in [0, 0.1) is 10.8 Å². The first-order valence-corrected chi connectivity index (χ1v) is 7.23. The van der Waals surface area contributed by atoms with Gasteiger partial charge in [0.15, 0.2) is 0 Å². The highest BCUT2D eigenvalue weighted by molar-refractivity contribution is 7.98. The van der Waals surface area contributed by atoms with Crippen LogP contribution in [0.15, 0.2) is 10.3 Å². The molecule has 1 rings (SSSR count). The van der Waals surface area contributed by atoms with Crippen molar-refractivity contribution in [3.8, 4) is 0 Å². The van der Waals surface area contributed by atoms with E-state index in [0.29, 0.717) is 12.1 Å². The van der Waals surface area contributed by atoms with Gasteiger partial charge in [0.05, 0.1) is 11.9 Å². The first kappa shape index (κ1) is 13.8. The van der Waals surface area contributed by atoms with Crippen LogP contribution < -0.4 is 0 Å². The lowest BCUT2D eigenvalue weighted by Crippen LogP contribution is -2.49. The maximum Gasteiger partial charge on any atom is 0.100 e. The van der Waals surface area contributed by atoms with Crippen LogP contribution in [0.3, 0.4) is 0 Å². The minimum Gasteiger partial charge on any atom is -0.263 e. The van der Waals surface area contributed by atoms with Crippen LogP contribution in [0.1, 0.15) is 41.5 Å². The van der Waals surface area contributed by atoms with Crippen LogP contribution in [-0.2, 0) is 0 Å². The van der Waals surface area contributed by atoms with Crippen molar-refractivity contribution in [3.63, 3.8) is 0 Å². The molecule has 94 valence electrons. The van der Waals surface area contributed by atoms with E-state index >= 15 is 0 Å². The summed E-state index contributed by atoms with van der Waals surface area (Å²) in [6.45, 7) is 13.6. The van der Waals surface area contributed by atoms with E-state index in [9.17, 15) is 0 Å². The second-order valence-corrected chi connectivity index (χ2v) is 7.52. The molecule has 0 aliphatic carbocycles. The predicted molar refractivity (Wildman–Crippen MR) is 71.6 cm³/mol. The summed E-state index contributed by atoms with van der Waals surface area (Å²) >= 11 is 1.80. The molecule has 0 radical (unpaired) electrons. The van der Waals surface area contributed by atoms with E-state index in [2.05, 4.69) is 63.1 Å². The van der Waals surface area contributed by atoms with Crippen molar-refractivity contribution in [1.29, 1.82) is 0 Å². The molecule has 2 unspecified atom stereocenters. The largest absolute Gasteiger partial charge is 0.263 e. The number of rotatable bonds is 2. The molecule has 0 aromatic carbocycles. The van der Waals surface area contributed by atoms with Gasteiger partial charge in [-0.25, -0.2) is 0 Å². The highest BCUT2D eigenvalue weighted by Crippen LogP contribution is 2.40. The van der Waals surface area contributed by atoms with Crippen molar-refractivity contribution in [3.05, 3.63) is 0 Å². The molecule has 2 atom stereocenters. The molecule has 16 heavy (non-hydrogen) atoms. The van der Waals surface area contributed by atoms with Gasteiger partial charge >= 0.3 is 0 Å². The van der Waals surface area contributed by atoms with Gasteiger partial charge in [0.2, 0.25) is 0 Å². The van der Waals surface area contributed by atoms with Crippen molar-refractivity contribution < 1.29 is 0 Å². The second-order valence-electron chi connectivity index (χ2n) is 6.68. The smallest absolute Gasteiger partial charge is 0.100 e. The van der Waals surface area contributed by atoms with Crippen molar-refractivity contribution in [2.45, 2.75) is 53.6 Å². The number of hydrogen-bond acceptors (Lipinski definition) is 4. The Morgan fingerprint density at radius 1 is 1.06 bits per heavy atom. The second kappa shape index (κ2) is 4.55. The molecule has 0 bridgehead atoms. The zero-order chi connectivity index (χ0) is 12.6. The van der Waals surface area contributed by atoms with E-state index in [0.717, 1.165) is 5.88 Å². The van der Waals surface area contributed by atoms with E-state index in [4.69, 9.17) is 0 Å². The van der Waals surface area contributed by atoms with E-state index in [1.807, 2.05) is 0 Å². The Kier molecular flexibility index (Phi) is 3.93. The first-order valence-electron chi connectivity index (χ1n) is 5.84. The van der Waals surface area contributed by atoms with Crippen molar-refractivity contribution in [2.75, 3.05) is 12.1 Å². The molecular formula is C12H25N3S. The minimum atomic E-state index is 0.175. The lowest BCUT2D eigenvalue weighted by atomic mass is 9.73. The fourth-order valence-electron chi connectivity index (χ4n) is 2.21. The van der Waals surface area contributed by atoms with Crippen molar-refractivity contribution in [2.24, 2.45) is 21.2 Å². The Labute approximate surface area is 104 Å². The Balaban J connectivity index is 2.93. The van der Waals surface area contributed by atoms with Gasteiger partial charge in [-0.05, 0) is 17.1 Å². The highest BCUT2D eigenvalue weighted by Gasteiger charge is 2.45. The normalized spacial score (nSPS) is 26.6. The standard InChI is InChI=1S/C12H25N3S/c1-11(2,3)9-10(12(4,5)6)15(8-16-7)14-13-9/h9-10H,8H2,1-7H3. The van der Waals surface area contributed by atoms with Crippen molar-refractivity contribution in [1.82, 2.24) is 5.01 Å². The molecule has 0 amide bonds. The molecule has 1 heterocycles. The molecule has 0 spiro atoms. The Bertz CT molecular complexity index is 262. The SMILES string of the molecule is CSCN1N=NC(C(C)(C)C)C1C(C)(C)C. The van der Waals surface area contributed by atoms with Gasteiger partial charge in [-0.2, -0.15) is 5.11 Å². The van der Waals surface area contributed by atoms with Crippen LogP contribution in [0.4, 0.5) is 0 Å². The summed E-state index contributed by atoms with van der Waals surface area (Å²) in [5.74, 6) is 0.929. The summed E-state index contributed by atoms with van der Waals surface area (Å²) < 4.78 is 0. The van der Waals surface area contributed by atoms with E-state index in [1.165, 1.54) is 0 Å². The lowest BCUT2D eigenvalue weighted by Gasteiger charge is -2.40. The van der Waals surface area contributed by atoms with Crippen LogP contribution in [0.25, 0.3) is 0 Å². The fourth-order valence-corrected chi connectivity index (χ4v) is 2.69. The summed E-state index contributed by atoms with van der Waals surface area (Å²) in [4.78, 5) is 0. The van der Waals surface area contributed by atoms with E-state index in [1.54, 1.807) is 11.8 Å². The van der Waals surface area contributed by atoms with Crippen LogP contribution in [-0.4, -0.2) is 29.2 Å². The summed E-state index contributed by atoms with van der Waals surface area (Å²) in [6, 6.07) is 0.694. The van der Waals surface area contributed by atoms with E-state index < -0.39 is 0 Å². The molecule has 0 N–H and O–H groups in total. The summed E-state index contributed by atoms with van der Waals surface area (Å²) in [6.07, 6.45) is 2.11.